The number of aliphatic imine (C=N–C) groups is 1. The summed E-state index contributed by atoms with van der Waals surface area (Å²) >= 11 is 0. The van der Waals surface area contributed by atoms with Gasteiger partial charge >= 0.3 is 11.9 Å². The van der Waals surface area contributed by atoms with E-state index in [1.165, 1.54) is 36.4 Å². The molecular weight excluding hydrogens is 506 g/mol. The number of nitrogens with two attached hydrogens (primary N) is 2. The molecule has 0 unspecified atom stereocenters. The summed E-state index contributed by atoms with van der Waals surface area (Å²) in [5.41, 5.74) is 12.2. The maximum Gasteiger partial charge on any atom is 0.339 e. The van der Waals surface area contributed by atoms with Gasteiger partial charge in [0.2, 0.25) is 11.9 Å². The lowest BCUT2D eigenvalue weighted by molar-refractivity contribution is -0.131. The van der Waals surface area contributed by atoms with Crippen LogP contribution in [0, 0.1) is 5.41 Å². The highest BCUT2D eigenvalue weighted by Crippen LogP contribution is 2.23. The smallest absolute Gasteiger partial charge is 0.339 e. The molecule has 0 saturated carbocycles. The van der Waals surface area contributed by atoms with Gasteiger partial charge in [0.25, 0.3) is 0 Å². The van der Waals surface area contributed by atoms with Gasteiger partial charge in [-0.2, -0.15) is 4.99 Å². The number of aromatic amines is 1. The summed E-state index contributed by atoms with van der Waals surface area (Å²) < 4.78 is 9.89. The number of carboxylic acids is 1. The van der Waals surface area contributed by atoms with Crippen LogP contribution >= 0.6 is 0 Å². The highest BCUT2D eigenvalue weighted by molar-refractivity contribution is 5.92. The number of rotatable bonds is 6. The average Bonchev–Trinajstić information content (AvgIpc) is 3.26. The number of para-hydroxylation sites is 1. The van der Waals surface area contributed by atoms with E-state index in [9.17, 15) is 14.4 Å². The number of carbonyl (C=O) groups excluding carboxylic acids is 2. The number of hydrogen-bond donors (Lipinski definition) is 6. The maximum atomic E-state index is 10.8. The van der Waals surface area contributed by atoms with Crippen LogP contribution in [0.1, 0.15) is 29.8 Å². The zero-order valence-corrected chi connectivity index (χ0v) is 22.6. The second-order valence-electron chi connectivity index (χ2n) is 8.11. The van der Waals surface area contributed by atoms with Gasteiger partial charge in [-0.15, -0.1) is 0 Å². The Bertz CT molecular complexity index is 1310. The molecule has 0 aliphatic rings. The number of ether oxygens (including phenoxy) is 2. The van der Waals surface area contributed by atoms with Crippen LogP contribution in [-0.4, -0.2) is 72.5 Å². The van der Waals surface area contributed by atoms with Crippen LogP contribution in [0.2, 0.25) is 0 Å². The van der Waals surface area contributed by atoms with E-state index in [4.69, 9.17) is 26.7 Å². The lowest BCUT2D eigenvalue weighted by atomic mass is 10.1. The third kappa shape index (κ3) is 11.7. The average molecular weight is 542 g/mol. The molecule has 3 rings (SSSR count). The first-order valence-corrected chi connectivity index (χ1v) is 11.6. The molecule has 0 fully saturated rings. The Hall–Kier alpha value is -5.07. The van der Waals surface area contributed by atoms with Gasteiger partial charge in [0, 0.05) is 51.6 Å². The Balaban J connectivity index is 0.000000309. The minimum Gasteiger partial charge on any atom is -0.497 e. The molecule has 1 heterocycles. The number of amides is 1. The molecule has 13 heteroatoms. The van der Waals surface area contributed by atoms with Crippen LogP contribution in [0.25, 0.3) is 10.9 Å². The molecule has 39 heavy (non-hydrogen) atoms. The summed E-state index contributed by atoms with van der Waals surface area (Å²) in [6.07, 6.45) is 2.79. The lowest BCUT2D eigenvalue weighted by Crippen LogP contribution is -2.28. The van der Waals surface area contributed by atoms with E-state index in [1.807, 2.05) is 24.4 Å². The zero-order valence-electron chi connectivity index (χ0n) is 22.6. The minimum absolute atomic E-state index is 0.00224. The van der Waals surface area contributed by atoms with Crippen molar-refractivity contribution in [3.8, 4) is 11.5 Å². The summed E-state index contributed by atoms with van der Waals surface area (Å²) in [5.74, 6) is -0.767. The van der Waals surface area contributed by atoms with Crippen LogP contribution in [-0.2, 0) is 16.0 Å². The van der Waals surface area contributed by atoms with Crippen molar-refractivity contribution in [1.29, 1.82) is 5.41 Å². The van der Waals surface area contributed by atoms with Crippen molar-refractivity contribution in [2.24, 2.45) is 16.5 Å². The Labute approximate surface area is 226 Å². The molecule has 1 amide bonds. The van der Waals surface area contributed by atoms with Crippen LogP contribution in [0.3, 0.4) is 0 Å². The van der Waals surface area contributed by atoms with Crippen molar-refractivity contribution in [1.82, 2.24) is 15.2 Å². The van der Waals surface area contributed by atoms with Crippen molar-refractivity contribution in [2.75, 3.05) is 27.7 Å². The molecule has 0 atom stereocenters. The van der Waals surface area contributed by atoms with Gasteiger partial charge in [0.1, 0.15) is 17.1 Å². The Morgan fingerprint density at radius 2 is 1.79 bits per heavy atom. The van der Waals surface area contributed by atoms with E-state index in [-0.39, 0.29) is 29.1 Å². The number of esters is 1. The molecule has 210 valence electrons. The van der Waals surface area contributed by atoms with E-state index in [1.54, 1.807) is 33.3 Å². The highest BCUT2D eigenvalue weighted by Gasteiger charge is 2.11. The fraction of sp³-hybridized carbons (Fsp3) is 0.269. The standard InChI is InChI=1S/C13H16N2O2.C9H8O4.C4H11N5/c1-9(16)14-6-5-10-8-15-13-4-3-11(17-2)7-12(10)13;1-6(10)13-8-5-3-2-4-7(8)9(11)12;1-9(2)4(7)8-3(5)6/h3-4,7-8,15H,5-6H2,1-2H3,(H,14,16);2-5H,1H3,(H,11,12);1-2H3,(H5,5,6,7,8). The number of methoxy groups -OCH3 is 1. The predicted octanol–water partition coefficient (Wildman–Crippen LogP) is 1.92. The molecule has 0 spiro atoms. The van der Waals surface area contributed by atoms with Crippen LogP contribution in [0.5, 0.6) is 11.5 Å². The van der Waals surface area contributed by atoms with Gasteiger partial charge in [-0.25, -0.2) is 4.79 Å². The number of carbonyl (C=O) groups is 3. The molecule has 0 aliphatic heterocycles. The Morgan fingerprint density at radius 3 is 2.31 bits per heavy atom. The van der Waals surface area contributed by atoms with E-state index in [0.29, 0.717) is 6.54 Å². The second kappa shape index (κ2) is 15.9. The topological polar surface area (TPSA) is 209 Å². The molecule has 0 saturated heterocycles. The van der Waals surface area contributed by atoms with Gasteiger partial charge in [0.15, 0.2) is 5.96 Å². The third-order valence-electron chi connectivity index (χ3n) is 4.77. The molecule has 2 aromatic carbocycles. The Morgan fingerprint density at radius 1 is 1.13 bits per heavy atom. The van der Waals surface area contributed by atoms with Crippen molar-refractivity contribution in [3.05, 3.63) is 59.8 Å². The van der Waals surface area contributed by atoms with E-state index in [2.05, 4.69) is 20.0 Å². The first-order chi connectivity index (χ1) is 18.3. The van der Waals surface area contributed by atoms with E-state index in [0.717, 1.165) is 23.1 Å². The summed E-state index contributed by atoms with van der Waals surface area (Å²) in [7, 11) is 5.04. The molecule has 8 N–H and O–H groups in total. The largest absolute Gasteiger partial charge is 0.497 e. The fourth-order valence-electron chi connectivity index (χ4n) is 2.97. The molecule has 1 aromatic heterocycles. The van der Waals surface area contributed by atoms with Crippen molar-refractivity contribution in [2.45, 2.75) is 20.3 Å². The number of nitrogens with zero attached hydrogens (tertiary/aromatic N) is 2. The molecule has 3 aromatic rings. The zero-order chi connectivity index (χ0) is 29.5. The summed E-state index contributed by atoms with van der Waals surface area (Å²) in [6, 6.07) is 11.9. The van der Waals surface area contributed by atoms with Crippen molar-refractivity contribution >= 4 is 40.7 Å². The summed E-state index contributed by atoms with van der Waals surface area (Å²) in [5, 5.41) is 19.7. The summed E-state index contributed by atoms with van der Waals surface area (Å²) in [4.78, 5) is 40.1. The lowest BCUT2D eigenvalue weighted by Gasteiger charge is -2.07. The number of hydrogen-bond acceptors (Lipinski definition) is 6. The second-order valence-corrected chi connectivity index (χ2v) is 8.11. The van der Waals surface area contributed by atoms with Gasteiger partial charge in [-0.05, 0) is 42.3 Å². The van der Waals surface area contributed by atoms with Gasteiger partial charge < -0.3 is 41.2 Å². The third-order valence-corrected chi connectivity index (χ3v) is 4.77. The molecule has 0 radical (unpaired) electrons. The van der Waals surface area contributed by atoms with E-state index >= 15 is 0 Å². The molecule has 0 aliphatic carbocycles. The molecule has 13 nitrogen and oxygen atoms in total. The Kier molecular flexibility index (Phi) is 13.0. The molecular formula is C26H35N7O6. The molecule has 0 bridgehead atoms. The quantitative estimate of drug-likeness (QED) is 0.116. The predicted molar refractivity (Wildman–Crippen MR) is 149 cm³/mol. The number of nitrogens with one attached hydrogen (secondary N) is 3. The van der Waals surface area contributed by atoms with Crippen LogP contribution < -0.4 is 26.3 Å². The fourth-order valence-corrected chi connectivity index (χ4v) is 2.97. The van der Waals surface area contributed by atoms with Gasteiger partial charge in [0.05, 0.1) is 7.11 Å². The number of H-pyrrole nitrogens is 1. The van der Waals surface area contributed by atoms with E-state index < -0.39 is 11.9 Å². The monoisotopic (exact) mass is 541 g/mol. The number of carboxylic acid groups (broad SMARTS) is 1. The number of guanidine groups is 2. The maximum absolute atomic E-state index is 10.8. The van der Waals surface area contributed by atoms with Gasteiger partial charge in [-0.3, -0.25) is 15.0 Å². The number of aromatic nitrogens is 1. The highest BCUT2D eigenvalue weighted by atomic mass is 16.5. The number of benzene rings is 2. The normalized spacial score (nSPS) is 9.56. The minimum atomic E-state index is -1.11. The first-order valence-electron chi connectivity index (χ1n) is 11.6. The van der Waals surface area contributed by atoms with Crippen molar-refractivity contribution in [3.63, 3.8) is 0 Å². The SMILES string of the molecule is CC(=O)Oc1ccccc1C(=O)O.CN(C)C(=N)N=C(N)N.COc1ccc2[nH]cc(CCNC(C)=O)c2c1. The number of fused-ring (bicyclic) bond motifs is 1. The first kappa shape index (κ1) is 32.0. The summed E-state index contributed by atoms with van der Waals surface area (Å²) in [6.45, 7) is 3.40. The van der Waals surface area contributed by atoms with Gasteiger partial charge in [-0.1, -0.05) is 12.1 Å². The van der Waals surface area contributed by atoms with Crippen molar-refractivity contribution < 1.29 is 29.0 Å². The van der Waals surface area contributed by atoms with Crippen LogP contribution in [0.15, 0.2) is 53.7 Å². The number of aromatic carboxylic acids is 1. The van der Waals surface area contributed by atoms with Crippen LogP contribution in [0.4, 0.5) is 0 Å².